The van der Waals surface area contributed by atoms with Crippen LogP contribution in [-0.4, -0.2) is 23.3 Å². The number of aliphatic carboxylic acids is 1. The lowest BCUT2D eigenvalue weighted by Gasteiger charge is -2.44. The molecule has 0 aromatic heterocycles. The van der Waals surface area contributed by atoms with Crippen LogP contribution in [0.15, 0.2) is 30.3 Å². The number of hydrogen-bond acceptors (Lipinski definition) is 2. The van der Waals surface area contributed by atoms with E-state index < -0.39 is 5.97 Å². The molecule has 0 bridgehead atoms. The third-order valence-electron chi connectivity index (χ3n) is 3.87. The first-order valence-corrected chi connectivity index (χ1v) is 6.81. The average Bonchev–Trinajstić information content (AvgIpc) is 2.27. The van der Waals surface area contributed by atoms with Gasteiger partial charge in [0.05, 0.1) is 12.0 Å². The molecule has 104 valence electrons. The van der Waals surface area contributed by atoms with E-state index in [9.17, 15) is 9.90 Å². The van der Waals surface area contributed by atoms with Gasteiger partial charge in [0, 0.05) is 6.61 Å². The van der Waals surface area contributed by atoms with Crippen LogP contribution in [0.4, 0.5) is 0 Å². The Bertz CT molecular complexity index is 439. The highest BCUT2D eigenvalue weighted by Crippen LogP contribution is 2.43. The van der Waals surface area contributed by atoms with Gasteiger partial charge in [0.25, 0.3) is 0 Å². The van der Waals surface area contributed by atoms with Gasteiger partial charge in [0.2, 0.25) is 0 Å². The number of ether oxygens (including phenoxy) is 1. The molecule has 1 aromatic rings. The van der Waals surface area contributed by atoms with E-state index in [1.165, 1.54) is 5.56 Å². The zero-order valence-corrected chi connectivity index (χ0v) is 11.7. The highest BCUT2D eigenvalue weighted by Gasteiger charge is 2.42. The SMILES string of the molecule is CC1(C)C[C@](CC(=O)O)(Cc2ccccc2)CCO1. The number of rotatable bonds is 4. The minimum atomic E-state index is -0.714. The van der Waals surface area contributed by atoms with Crippen LogP contribution in [0.3, 0.4) is 0 Å². The fourth-order valence-corrected chi connectivity index (χ4v) is 3.30. The van der Waals surface area contributed by atoms with E-state index in [1.54, 1.807) is 0 Å². The Morgan fingerprint density at radius 1 is 1.32 bits per heavy atom. The zero-order valence-electron chi connectivity index (χ0n) is 11.7. The van der Waals surface area contributed by atoms with Crippen molar-refractivity contribution in [2.45, 2.75) is 45.1 Å². The summed E-state index contributed by atoms with van der Waals surface area (Å²) in [5.74, 6) is -0.714. The Morgan fingerprint density at radius 3 is 2.58 bits per heavy atom. The second-order valence-corrected chi connectivity index (χ2v) is 6.27. The van der Waals surface area contributed by atoms with Gasteiger partial charge < -0.3 is 9.84 Å². The molecule has 1 aromatic carbocycles. The van der Waals surface area contributed by atoms with E-state index in [0.29, 0.717) is 6.61 Å². The molecule has 0 unspecified atom stereocenters. The van der Waals surface area contributed by atoms with Crippen LogP contribution in [0, 0.1) is 5.41 Å². The first-order chi connectivity index (χ1) is 8.91. The predicted molar refractivity (Wildman–Crippen MR) is 74.1 cm³/mol. The van der Waals surface area contributed by atoms with Crippen LogP contribution in [0.5, 0.6) is 0 Å². The van der Waals surface area contributed by atoms with E-state index in [1.807, 2.05) is 32.0 Å². The quantitative estimate of drug-likeness (QED) is 0.905. The molecule has 0 saturated carbocycles. The zero-order chi connectivity index (χ0) is 13.9. The summed E-state index contributed by atoms with van der Waals surface area (Å²) in [5, 5.41) is 9.24. The lowest BCUT2D eigenvalue weighted by atomic mass is 9.68. The number of carboxylic acid groups (broad SMARTS) is 1. The lowest BCUT2D eigenvalue weighted by molar-refractivity contribution is -0.147. The largest absolute Gasteiger partial charge is 0.481 e. The van der Waals surface area contributed by atoms with E-state index in [4.69, 9.17) is 4.74 Å². The molecule has 3 nitrogen and oxygen atoms in total. The molecule has 1 saturated heterocycles. The summed E-state index contributed by atoms with van der Waals surface area (Å²) in [5.41, 5.74) is 0.790. The van der Waals surface area contributed by atoms with Gasteiger partial charge in [-0.2, -0.15) is 0 Å². The standard InChI is InChI=1S/C16H22O3/c1-15(2)12-16(8-9-19-15,11-14(17)18)10-13-6-4-3-5-7-13/h3-7H,8-12H2,1-2H3,(H,17,18)/t16-/m0/s1. The predicted octanol–water partition coefficient (Wildman–Crippen LogP) is 3.28. The third-order valence-corrected chi connectivity index (χ3v) is 3.87. The maximum atomic E-state index is 11.2. The van der Waals surface area contributed by atoms with Crippen LogP contribution in [0.2, 0.25) is 0 Å². The molecular formula is C16H22O3. The maximum Gasteiger partial charge on any atom is 0.303 e. The minimum Gasteiger partial charge on any atom is -0.481 e. The van der Waals surface area contributed by atoms with Gasteiger partial charge in [-0.3, -0.25) is 4.79 Å². The fraction of sp³-hybridized carbons (Fsp3) is 0.562. The van der Waals surface area contributed by atoms with Crippen LogP contribution in [0.25, 0.3) is 0 Å². The van der Waals surface area contributed by atoms with Crippen molar-refractivity contribution in [1.29, 1.82) is 0 Å². The first kappa shape index (κ1) is 14.1. The van der Waals surface area contributed by atoms with Crippen molar-refractivity contribution in [2.75, 3.05) is 6.61 Å². The third kappa shape index (κ3) is 3.80. The summed E-state index contributed by atoms with van der Waals surface area (Å²) in [4.78, 5) is 11.2. The van der Waals surface area contributed by atoms with Gasteiger partial charge in [-0.05, 0) is 44.1 Å². The molecule has 0 aliphatic carbocycles. The van der Waals surface area contributed by atoms with Crippen molar-refractivity contribution in [2.24, 2.45) is 5.41 Å². The number of carbonyl (C=O) groups is 1. The van der Waals surface area contributed by atoms with Crippen LogP contribution < -0.4 is 0 Å². The molecular weight excluding hydrogens is 240 g/mol. The Kier molecular flexibility index (Phi) is 3.95. The molecule has 2 rings (SSSR count). The maximum absolute atomic E-state index is 11.2. The fourth-order valence-electron chi connectivity index (χ4n) is 3.30. The molecule has 1 fully saturated rings. The van der Waals surface area contributed by atoms with E-state index in [-0.39, 0.29) is 17.4 Å². The summed E-state index contributed by atoms with van der Waals surface area (Å²) in [7, 11) is 0. The highest BCUT2D eigenvalue weighted by molar-refractivity contribution is 5.67. The van der Waals surface area contributed by atoms with E-state index >= 15 is 0 Å². The smallest absolute Gasteiger partial charge is 0.303 e. The van der Waals surface area contributed by atoms with E-state index in [0.717, 1.165) is 19.3 Å². The monoisotopic (exact) mass is 262 g/mol. The van der Waals surface area contributed by atoms with Crippen molar-refractivity contribution in [1.82, 2.24) is 0 Å². The van der Waals surface area contributed by atoms with Crippen LogP contribution in [-0.2, 0) is 16.0 Å². The second-order valence-electron chi connectivity index (χ2n) is 6.27. The van der Waals surface area contributed by atoms with Crippen molar-refractivity contribution in [3.63, 3.8) is 0 Å². The number of carboxylic acids is 1. The summed E-state index contributed by atoms with van der Waals surface area (Å²) in [6.07, 6.45) is 2.64. The molecule has 1 N–H and O–H groups in total. The number of hydrogen-bond donors (Lipinski definition) is 1. The summed E-state index contributed by atoms with van der Waals surface area (Å²) in [6.45, 7) is 4.74. The summed E-state index contributed by atoms with van der Waals surface area (Å²) < 4.78 is 5.75. The normalized spacial score (nSPS) is 26.0. The minimum absolute atomic E-state index is 0.186. The van der Waals surface area contributed by atoms with Gasteiger partial charge in [-0.25, -0.2) is 0 Å². The Morgan fingerprint density at radius 2 is 2.00 bits per heavy atom. The van der Waals surface area contributed by atoms with Gasteiger partial charge in [-0.15, -0.1) is 0 Å². The molecule has 1 aliphatic rings. The second kappa shape index (κ2) is 5.33. The first-order valence-electron chi connectivity index (χ1n) is 6.81. The summed E-state index contributed by atoms with van der Waals surface area (Å²) in [6, 6.07) is 10.2. The molecule has 1 aliphatic heterocycles. The average molecular weight is 262 g/mol. The molecule has 0 amide bonds. The van der Waals surface area contributed by atoms with Crippen molar-refractivity contribution in [3.05, 3.63) is 35.9 Å². The molecule has 1 heterocycles. The highest BCUT2D eigenvalue weighted by atomic mass is 16.5. The van der Waals surface area contributed by atoms with Crippen LogP contribution >= 0.6 is 0 Å². The Balaban J connectivity index is 2.22. The number of benzene rings is 1. The Labute approximate surface area is 114 Å². The van der Waals surface area contributed by atoms with Gasteiger partial charge in [-0.1, -0.05) is 30.3 Å². The van der Waals surface area contributed by atoms with Gasteiger partial charge in [0.15, 0.2) is 0 Å². The molecule has 1 atom stereocenters. The molecule has 0 radical (unpaired) electrons. The van der Waals surface area contributed by atoms with Gasteiger partial charge in [0.1, 0.15) is 0 Å². The van der Waals surface area contributed by atoms with Crippen molar-refractivity contribution in [3.8, 4) is 0 Å². The van der Waals surface area contributed by atoms with Crippen molar-refractivity contribution >= 4 is 5.97 Å². The molecule has 3 heteroatoms. The summed E-state index contributed by atoms with van der Waals surface area (Å²) >= 11 is 0. The van der Waals surface area contributed by atoms with Crippen molar-refractivity contribution < 1.29 is 14.6 Å². The van der Waals surface area contributed by atoms with E-state index in [2.05, 4.69) is 12.1 Å². The lowest BCUT2D eigenvalue weighted by Crippen LogP contribution is -2.43. The van der Waals surface area contributed by atoms with Crippen LogP contribution in [0.1, 0.15) is 38.7 Å². The molecule has 19 heavy (non-hydrogen) atoms. The Hall–Kier alpha value is -1.35. The molecule has 0 spiro atoms. The van der Waals surface area contributed by atoms with Gasteiger partial charge >= 0.3 is 5.97 Å². The topological polar surface area (TPSA) is 46.5 Å².